The summed E-state index contributed by atoms with van der Waals surface area (Å²) < 4.78 is 5.78. The first kappa shape index (κ1) is 11.5. The molecule has 1 aromatic heterocycles. The maximum Gasteiger partial charge on any atom is 0.145 e. The van der Waals surface area contributed by atoms with Gasteiger partial charge in [0.2, 0.25) is 0 Å². The molecule has 0 spiro atoms. The van der Waals surface area contributed by atoms with Crippen LogP contribution in [0.4, 0.5) is 5.69 Å². The van der Waals surface area contributed by atoms with E-state index in [0.29, 0.717) is 0 Å². The summed E-state index contributed by atoms with van der Waals surface area (Å²) in [4.78, 5) is 4.20. The summed E-state index contributed by atoms with van der Waals surface area (Å²) in [6.45, 7) is 5.89. The molecule has 0 amide bonds. The molecule has 0 aliphatic carbocycles. The molecule has 3 nitrogen and oxygen atoms in total. The van der Waals surface area contributed by atoms with Crippen LogP contribution in [-0.4, -0.2) is 4.98 Å². The molecule has 1 aromatic carbocycles. The van der Waals surface area contributed by atoms with Crippen LogP contribution in [0.3, 0.4) is 0 Å². The highest BCUT2D eigenvalue weighted by Crippen LogP contribution is 2.28. The third kappa shape index (κ3) is 2.56. The molecule has 2 N–H and O–H groups in total. The zero-order chi connectivity index (χ0) is 12.4. The Labute approximate surface area is 101 Å². The van der Waals surface area contributed by atoms with Crippen molar-refractivity contribution in [2.75, 3.05) is 5.73 Å². The molecule has 2 aromatic rings. The van der Waals surface area contributed by atoms with E-state index in [1.165, 1.54) is 0 Å². The van der Waals surface area contributed by atoms with E-state index in [0.717, 1.165) is 34.0 Å². The van der Waals surface area contributed by atoms with Gasteiger partial charge in [0, 0.05) is 11.4 Å². The van der Waals surface area contributed by atoms with Crippen molar-refractivity contribution in [3.05, 3.63) is 47.3 Å². The minimum Gasteiger partial charge on any atom is -0.455 e. The first-order valence-electron chi connectivity index (χ1n) is 5.53. The van der Waals surface area contributed by atoms with Crippen molar-refractivity contribution in [3.63, 3.8) is 0 Å². The van der Waals surface area contributed by atoms with Gasteiger partial charge in [-0.25, -0.2) is 0 Å². The summed E-state index contributed by atoms with van der Waals surface area (Å²) in [7, 11) is 0. The number of hydrogen-bond donors (Lipinski definition) is 1. The molecule has 0 aliphatic heterocycles. The number of benzene rings is 1. The number of anilines is 1. The predicted molar refractivity (Wildman–Crippen MR) is 69.4 cm³/mol. The van der Waals surface area contributed by atoms with Gasteiger partial charge >= 0.3 is 0 Å². The Morgan fingerprint density at radius 3 is 2.47 bits per heavy atom. The SMILES string of the molecule is Cc1ccc(Oc2cc(C)c(N)cc2C)cn1. The van der Waals surface area contributed by atoms with Crippen LogP contribution in [0.25, 0.3) is 0 Å². The van der Waals surface area contributed by atoms with E-state index in [2.05, 4.69) is 4.98 Å². The average molecular weight is 228 g/mol. The Morgan fingerprint density at radius 1 is 1.06 bits per heavy atom. The smallest absolute Gasteiger partial charge is 0.145 e. The monoisotopic (exact) mass is 228 g/mol. The fraction of sp³-hybridized carbons (Fsp3) is 0.214. The van der Waals surface area contributed by atoms with Crippen molar-refractivity contribution >= 4 is 5.69 Å². The second-order valence-electron chi connectivity index (χ2n) is 4.21. The van der Waals surface area contributed by atoms with E-state index in [9.17, 15) is 0 Å². The Bertz CT molecular complexity index is 533. The van der Waals surface area contributed by atoms with Crippen molar-refractivity contribution in [2.45, 2.75) is 20.8 Å². The van der Waals surface area contributed by atoms with Gasteiger partial charge in [-0.3, -0.25) is 4.98 Å². The molecule has 0 unspecified atom stereocenters. The molecule has 2 rings (SSSR count). The minimum absolute atomic E-state index is 0.739. The van der Waals surface area contributed by atoms with Crippen molar-refractivity contribution in [1.82, 2.24) is 4.98 Å². The molecule has 0 radical (unpaired) electrons. The summed E-state index contributed by atoms with van der Waals surface area (Å²) in [5.41, 5.74) is 9.64. The Morgan fingerprint density at radius 2 is 1.82 bits per heavy atom. The Balaban J connectivity index is 2.30. The van der Waals surface area contributed by atoms with Gasteiger partial charge in [-0.2, -0.15) is 0 Å². The number of hydrogen-bond acceptors (Lipinski definition) is 3. The summed E-state index contributed by atoms with van der Waals surface area (Å²) >= 11 is 0. The first-order chi connectivity index (χ1) is 8.06. The van der Waals surface area contributed by atoms with Crippen LogP contribution < -0.4 is 10.5 Å². The van der Waals surface area contributed by atoms with Gasteiger partial charge in [-0.05, 0) is 56.2 Å². The lowest BCUT2D eigenvalue weighted by Crippen LogP contribution is -1.94. The normalized spacial score (nSPS) is 10.3. The van der Waals surface area contributed by atoms with Crippen LogP contribution in [-0.2, 0) is 0 Å². The summed E-state index contributed by atoms with van der Waals surface area (Å²) in [6, 6.07) is 7.71. The van der Waals surface area contributed by atoms with Crippen LogP contribution in [0.2, 0.25) is 0 Å². The molecule has 0 aliphatic rings. The highest BCUT2D eigenvalue weighted by Gasteiger charge is 2.04. The highest BCUT2D eigenvalue weighted by atomic mass is 16.5. The molecule has 88 valence electrons. The zero-order valence-corrected chi connectivity index (χ0v) is 10.3. The van der Waals surface area contributed by atoms with Crippen LogP contribution in [0.1, 0.15) is 16.8 Å². The molecule has 1 heterocycles. The van der Waals surface area contributed by atoms with Crippen molar-refractivity contribution < 1.29 is 4.74 Å². The molecular weight excluding hydrogens is 212 g/mol. The summed E-state index contributed by atoms with van der Waals surface area (Å²) in [5.74, 6) is 1.56. The molecule has 0 atom stereocenters. The maximum atomic E-state index is 5.83. The second-order valence-corrected chi connectivity index (χ2v) is 4.21. The number of pyridine rings is 1. The lowest BCUT2D eigenvalue weighted by molar-refractivity contribution is 0.476. The van der Waals surface area contributed by atoms with Crippen LogP contribution in [0.5, 0.6) is 11.5 Å². The van der Waals surface area contributed by atoms with E-state index in [4.69, 9.17) is 10.5 Å². The molecule has 0 saturated carbocycles. The molecule has 0 saturated heterocycles. The van der Waals surface area contributed by atoms with E-state index < -0.39 is 0 Å². The number of ether oxygens (including phenoxy) is 1. The van der Waals surface area contributed by atoms with E-state index in [1.807, 2.05) is 45.0 Å². The largest absolute Gasteiger partial charge is 0.455 e. The Hall–Kier alpha value is -2.03. The Kier molecular flexibility index (Phi) is 3.00. The van der Waals surface area contributed by atoms with Crippen molar-refractivity contribution in [2.24, 2.45) is 0 Å². The fourth-order valence-electron chi connectivity index (χ4n) is 1.56. The number of aryl methyl sites for hydroxylation is 3. The van der Waals surface area contributed by atoms with Crippen LogP contribution >= 0.6 is 0 Å². The van der Waals surface area contributed by atoms with Gasteiger partial charge in [-0.1, -0.05) is 0 Å². The lowest BCUT2D eigenvalue weighted by atomic mass is 10.1. The zero-order valence-electron chi connectivity index (χ0n) is 10.3. The summed E-state index contributed by atoms with van der Waals surface area (Å²) in [6.07, 6.45) is 1.72. The van der Waals surface area contributed by atoms with Gasteiger partial charge in [0.1, 0.15) is 11.5 Å². The molecular formula is C14H16N2O. The highest BCUT2D eigenvalue weighted by molar-refractivity contribution is 5.54. The third-order valence-corrected chi connectivity index (χ3v) is 2.68. The lowest BCUT2D eigenvalue weighted by Gasteiger charge is -2.11. The number of aromatic nitrogens is 1. The average Bonchev–Trinajstić information content (AvgIpc) is 2.29. The van der Waals surface area contributed by atoms with E-state index >= 15 is 0 Å². The number of rotatable bonds is 2. The van der Waals surface area contributed by atoms with Crippen molar-refractivity contribution in [1.29, 1.82) is 0 Å². The second kappa shape index (κ2) is 4.45. The van der Waals surface area contributed by atoms with Crippen LogP contribution in [0.15, 0.2) is 30.5 Å². The fourth-order valence-corrected chi connectivity index (χ4v) is 1.56. The van der Waals surface area contributed by atoms with Crippen molar-refractivity contribution in [3.8, 4) is 11.5 Å². The standard InChI is InChI=1S/C14H16N2O/c1-9-7-14(10(2)6-13(9)15)17-12-5-4-11(3)16-8-12/h4-8H,15H2,1-3H3. The molecule has 17 heavy (non-hydrogen) atoms. The van der Waals surface area contributed by atoms with Crippen LogP contribution in [0, 0.1) is 20.8 Å². The topological polar surface area (TPSA) is 48.1 Å². The first-order valence-corrected chi connectivity index (χ1v) is 5.53. The van der Waals surface area contributed by atoms with Gasteiger partial charge in [0.25, 0.3) is 0 Å². The quantitative estimate of drug-likeness (QED) is 0.801. The molecule has 0 fully saturated rings. The van der Waals surface area contributed by atoms with Gasteiger partial charge in [0.05, 0.1) is 6.20 Å². The molecule has 3 heteroatoms. The van der Waals surface area contributed by atoms with E-state index in [-0.39, 0.29) is 0 Å². The number of nitrogen functional groups attached to an aromatic ring is 1. The number of nitrogens with zero attached hydrogens (tertiary/aromatic N) is 1. The van der Waals surface area contributed by atoms with Gasteiger partial charge < -0.3 is 10.5 Å². The predicted octanol–water partition coefficient (Wildman–Crippen LogP) is 3.38. The number of nitrogens with two attached hydrogens (primary N) is 1. The van der Waals surface area contributed by atoms with E-state index in [1.54, 1.807) is 6.20 Å². The third-order valence-electron chi connectivity index (χ3n) is 2.68. The van der Waals surface area contributed by atoms with Gasteiger partial charge in [-0.15, -0.1) is 0 Å². The minimum atomic E-state index is 0.739. The summed E-state index contributed by atoms with van der Waals surface area (Å²) in [5, 5.41) is 0. The molecule has 0 bridgehead atoms. The maximum absolute atomic E-state index is 5.83. The van der Waals surface area contributed by atoms with Gasteiger partial charge in [0.15, 0.2) is 0 Å².